The molecule has 0 saturated carbocycles. The number of likely N-dealkylation sites (tertiary alicyclic amines) is 1. The molecule has 0 aromatic carbocycles. The smallest absolute Gasteiger partial charge is 0.0702 e. The molecular weight excluding hydrogens is 284 g/mol. The third-order valence-corrected chi connectivity index (χ3v) is 4.99. The Kier molecular flexibility index (Phi) is 4.41. The van der Waals surface area contributed by atoms with Crippen LogP contribution in [-0.2, 0) is 0 Å². The first-order valence-electron chi connectivity index (χ1n) is 5.97. The van der Waals surface area contributed by atoms with E-state index in [0.29, 0.717) is 6.04 Å². The summed E-state index contributed by atoms with van der Waals surface area (Å²) >= 11 is 5.36. The monoisotopic (exact) mass is 302 g/mol. The second-order valence-corrected chi connectivity index (χ2v) is 6.90. The zero-order chi connectivity index (χ0) is 11.5. The Morgan fingerprint density at radius 2 is 2.12 bits per heavy atom. The molecule has 2 N–H and O–H groups in total. The van der Waals surface area contributed by atoms with Crippen LogP contribution in [-0.4, -0.2) is 24.0 Å². The Labute approximate surface area is 110 Å². The highest BCUT2D eigenvalue weighted by Gasteiger charge is 2.28. The third kappa shape index (κ3) is 2.67. The zero-order valence-corrected chi connectivity index (χ0v) is 12.1. The summed E-state index contributed by atoms with van der Waals surface area (Å²) in [5.41, 5.74) is 6.29. The topological polar surface area (TPSA) is 29.3 Å². The lowest BCUT2D eigenvalue weighted by Gasteiger charge is -2.31. The van der Waals surface area contributed by atoms with Gasteiger partial charge in [0.2, 0.25) is 0 Å². The molecule has 2 nitrogen and oxygen atoms in total. The number of thiophene rings is 1. The standard InChI is InChI=1S/C12H19BrN2S/c1-2-9(14)12(15-7-3-4-8-15)10-5-6-11(13)16-10/h5-6,9,12H,2-4,7-8,14H2,1H3. The fourth-order valence-corrected chi connectivity index (χ4v) is 4.03. The summed E-state index contributed by atoms with van der Waals surface area (Å²) in [4.78, 5) is 3.95. The van der Waals surface area contributed by atoms with Crippen molar-refractivity contribution in [1.82, 2.24) is 4.90 Å². The predicted molar refractivity (Wildman–Crippen MR) is 73.8 cm³/mol. The van der Waals surface area contributed by atoms with E-state index in [1.54, 1.807) is 0 Å². The van der Waals surface area contributed by atoms with Gasteiger partial charge in [0.25, 0.3) is 0 Å². The normalized spacial score (nSPS) is 21.2. The first kappa shape index (κ1) is 12.6. The van der Waals surface area contributed by atoms with Crippen LogP contribution in [0.2, 0.25) is 0 Å². The van der Waals surface area contributed by atoms with E-state index >= 15 is 0 Å². The largest absolute Gasteiger partial charge is 0.326 e. The molecule has 0 aliphatic carbocycles. The summed E-state index contributed by atoms with van der Waals surface area (Å²) in [7, 11) is 0. The van der Waals surface area contributed by atoms with E-state index in [4.69, 9.17) is 5.73 Å². The Balaban J connectivity index is 2.19. The first-order valence-corrected chi connectivity index (χ1v) is 7.58. The third-order valence-electron chi connectivity index (χ3n) is 3.30. The summed E-state index contributed by atoms with van der Waals surface area (Å²) in [6.07, 6.45) is 3.68. The average molecular weight is 303 g/mol. The molecule has 16 heavy (non-hydrogen) atoms. The Hall–Kier alpha value is 0.1000. The fourth-order valence-electron chi connectivity index (χ4n) is 2.39. The molecule has 0 amide bonds. The molecule has 1 aliphatic heterocycles. The van der Waals surface area contributed by atoms with Crippen LogP contribution in [0.4, 0.5) is 0 Å². The van der Waals surface area contributed by atoms with E-state index in [9.17, 15) is 0 Å². The number of hydrogen-bond acceptors (Lipinski definition) is 3. The van der Waals surface area contributed by atoms with Crippen molar-refractivity contribution in [3.05, 3.63) is 20.8 Å². The minimum atomic E-state index is 0.253. The van der Waals surface area contributed by atoms with Gasteiger partial charge in [-0.2, -0.15) is 0 Å². The van der Waals surface area contributed by atoms with Gasteiger partial charge in [-0.05, 0) is 60.4 Å². The van der Waals surface area contributed by atoms with Crippen LogP contribution < -0.4 is 5.73 Å². The molecule has 1 saturated heterocycles. The summed E-state index contributed by atoms with van der Waals surface area (Å²) in [6.45, 7) is 4.58. The molecule has 1 fully saturated rings. The Morgan fingerprint density at radius 3 is 2.62 bits per heavy atom. The molecule has 90 valence electrons. The summed E-state index contributed by atoms with van der Waals surface area (Å²) < 4.78 is 1.20. The van der Waals surface area contributed by atoms with Crippen molar-refractivity contribution < 1.29 is 0 Å². The fraction of sp³-hybridized carbons (Fsp3) is 0.667. The van der Waals surface area contributed by atoms with Crippen LogP contribution in [0.5, 0.6) is 0 Å². The van der Waals surface area contributed by atoms with Crippen molar-refractivity contribution in [3.63, 3.8) is 0 Å². The minimum absolute atomic E-state index is 0.253. The maximum Gasteiger partial charge on any atom is 0.0702 e. The van der Waals surface area contributed by atoms with Gasteiger partial charge in [-0.25, -0.2) is 0 Å². The minimum Gasteiger partial charge on any atom is -0.326 e. The Morgan fingerprint density at radius 1 is 1.44 bits per heavy atom. The van der Waals surface area contributed by atoms with Gasteiger partial charge in [0.15, 0.2) is 0 Å². The van der Waals surface area contributed by atoms with Gasteiger partial charge >= 0.3 is 0 Å². The number of hydrogen-bond donors (Lipinski definition) is 1. The number of rotatable bonds is 4. The molecule has 0 spiro atoms. The quantitative estimate of drug-likeness (QED) is 0.924. The van der Waals surface area contributed by atoms with Gasteiger partial charge in [-0.1, -0.05) is 6.92 Å². The molecule has 2 heterocycles. The van der Waals surface area contributed by atoms with Crippen molar-refractivity contribution in [1.29, 1.82) is 0 Å². The first-order chi connectivity index (χ1) is 7.72. The predicted octanol–water partition coefficient (Wildman–Crippen LogP) is 3.38. The number of halogens is 1. The molecule has 1 aliphatic rings. The van der Waals surface area contributed by atoms with Crippen molar-refractivity contribution in [2.24, 2.45) is 5.73 Å². The van der Waals surface area contributed by atoms with E-state index in [0.717, 1.165) is 6.42 Å². The van der Waals surface area contributed by atoms with E-state index in [1.165, 1.54) is 34.6 Å². The summed E-state index contributed by atoms with van der Waals surface area (Å²) in [5.74, 6) is 0. The molecule has 4 heteroatoms. The van der Waals surface area contributed by atoms with Crippen molar-refractivity contribution in [3.8, 4) is 0 Å². The van der Waals surface area contributed by atoms with E-state index in [2.05, 4.69) is 39.9 Å². The van der Waals surface area contributed by atoms with Crippen LogP contribution in [0.3, 0.4) is 0 Å². The maximum absolute atomic E-state index is 6.29. The lowest BCUT2D eigenvalue weighted by Crippen LogP contribution is -2.38. The number of nitrogens with two attached hydrogens (primary N) is 1. The zero-order valence-electron chi connectivity index (χ0n) is 9.66. The van der Waals surface area contributed by atoms with E-state index in [-0.39, 0.29) is 6.04 Å². The second kappa shape index (κ2) is 5.63. The molecular formula is C12H19BrN2S. The van der Waals surface area contributed by atoms with Crippen molar-refractivity contribution >= 4 is 27.3 Å². The molecule has 2 atom stereocenters. The van der Waals surface area contributed by atoms with Gasteiger partial charge in [0.05, 0.1) is 9.83 Å². The molecule has 1 aromatic heterocycles. The molecule has 0 bridgehead atoms. The van der Waals surface area contributed by atoms with Crippen LogP contribution in [0, 0.1) is 0 Å². The van der Waals surface area contributed by atoms with Crippen LogP contribution in [0.15, 0.2) is 15.9 Å². The maximum atomic E-state index is 6.29. The average Bonchev–Trinajstić information content (AvgIpc) is 2.91. The van der Waals surface area contributed by atoms with E-state index < -0.39 is 0 Å². The summed E-state index contributed by atoms with van der Waals surface area (Å²) in [5, 5.41) is 0. The van der Waals surface area contributed by atoms with Gasteiger partial charge in [0.1, 0.15) is 0 Å². The van der Waals surface area contributed by atoms with Gasteiger partial charge < -0.3 is 5.73 Å². The highest BCUT2D eigenvalue weighted by Crippen LogP contribution is 2.34. The Bertz CT molecular complexity index is 334. The van der Waals surface area contributed by atoms with Crippen molar-refractivity contribution in [2.45, 2.75) is 38.3 Å². The second-order valence-electron chi connectivity index (χ2n) is 4.40. The summed E-state index contributed by atoms with van der Waals surface area (Å²) in [6, 6.07) is 5.02. The molecule has 2 rings (SSSR count). The van der Waals surface area contributed by atoms with Crippen LogP contribution >= 0.6 is 27.3 Å². The van der Waals surface area contributed by atoms with E-state index in [1.807, 2.05) is 11.3 Å². The highest BCUT2D eigenvalue weighted by atomic mass is 79.9. The van der Waals surface area contributed by atoms with Gasteiger partial charge in [0, 0.05) is 10.9 Å². The lowest BCUT2D eigenvalue weighted by molar-refractivity contribution is 0.213. The lowest BCUT2D eigenvalue weighted by atomic mass is 10.0. The SMILES string of the molecule is CCC(N)C(c1ccc(Br)s1)N1CCCC1. The number of nitrogens with zero attached hydrogens (tertiary/aromatic N) is 1. The molecule has 0 radical (unpaired) electrons. The van der Waals surface area contributed by atoms with Crippen LogP contribution in [0.1, 0.15) is 37.1 Å². The highest BCUT2D eigenvalue weighted by molar-refractivity contribution is 9.11. The van der Waals surface area contributed by atoms with Crippen LogP contribution in [0.25, 0.3) is 0 Å². The molecule has 2 unspecified atom stereocenters. The van der Waals surface area contributed by atoms with Crippen molar-refractivity contribution in [2.75, 3.05) is 13.1 Å². The molecule has 1 aromatic rings. The van der Waals surface area contributed by atoms with Gasteiger partial charge in [-0.3, -0.25) is 4.90 Å². The van der Waals surface area contributed by atoms with Gasteiger partial charge in [-0.15, -0.1) is 11.3 Å².